The van der Waals surface area contributed by atoms with E-state index in [2.05, 4.69) is 65.7 Å². The summed E-state index contributed by atoms with van der Waals surface area (Å²) in [5.74, 6) is -0.498. The molecule has 1 amide bonds. The molecule has 34 heavy (non-hydrogen) atoms. The van der Waals surface area contributed by atoms with Crippen LogP contribution in [-0.4, -0.2) is 49.1 Å². The molecule has 2 aromatic rings. The van der Waals surface area contributed by atoms with Crippen LogP contribution in [0.5, 0.6) is 0 Å². The summed E-state index contributed by atoms with van der Waals surface area (Å²) in [7, 11) is 1.34. The van der Waals surface area contributed by atoms with Gasteiger partial charge in [0.05, 0.1) is 12.5 Å². The number of methoxy groups -OCH3 is 1. The molecule has 1 N–H and O–H groups in total. The Bertz CT molecular complexity index is 977. The van der Waals surface area contributed by atoms with Gasteiger partial charge in [0.25, 0.3) is 0 Å². The Balaban J connectivity index is 1.44. The highest BCUT2D eigenvalue weighted by Gasteiger charge is 2.43. The number of benzene rings is 2. The number of nitrogens with one attached hydrogen (secondary N) is 1. The third-order valence-electron chi connectivity index (χ3n) is 7.90. The molecule has 2 fully saturated rings. The van der Waals surface area contributed by atoms with Gasteiger partial charge in [0.2, 0.25) is 5.91 Å². The second-order valence-corrected chi connectivity index (χ2v) is 10.1. The van der Waals surface area contributed by atoms with Gasteiger partial charge in [-0.05, 0) is 74.8 Å². The van der Waals surface area contributed by atoms with Crippen LogP contribution in [-0.2, 0) is 26.2 Å². The first-order chi connectivity index (χ1) is 16.4. The van der Waals surface area contributed by atoms with Crippen molar-refractivity contribution in [3.8, 4) is 11.1 Å². The number of likely N-dealkylation sites (tertiary alicyclic amines) is 1. The summed E-state index contributed by atoms with van der Waals surface area (Å²) in [5, 5.41) is 2.88. The monoisotopic (exact) mass is 462 g/mol. The van der Waals surface area contributed by atoms with Crippen molar-refractivity contribution in [1.29, 1.82) is 0 Å². The van der Waals surface area contributed by atoms with E-state index in [1.165, 1.54) is 37.6 Å². The minimum Gasteiger partial charge on any atom is -0.467 e. The van der Waals surface area contributed by atoms with E-state index in [9.17, 15) is 9.59 Å². The number of ether oxygens (including phenoxy) is 1. The zero-order valence-electron chi connectivity index (χ0n) is 20.8. The van der Waals surface area contributed by atoms with Crippen LogP contribution in [0.2, 0.25) is 0 Å². The van der Waals surface area contributed by atoms with Gasteiger partial charge in [0.15, 0.2) is 0 Å². The molecule has 1 aliphatic heterocycles. The Kier molecular flexibility index (Phi) is 7.72. The van der Waals surface area contributed by atoms with Gasteiger partial charge in [0, 0.05) is 12.6 Å². The third-order valence-corrected chi connectivity index (χ3v) is 7.90. The Labute approximate surface area is 203 Å². The Morgan fingerprint density at radius 3 is 2.21 bits per heavy atom. The van der Waals surface area contributed by atoms with E-state index in [-0.39, 0.29) is 5.91 Å². The van der Waals surface area contributed by atoms with Gasteiger partial charge in [-0.1, -0.05) is 61.4 Å². The van der Waals surface area contributed by atoms with Crippen molar-refractivity contribution in [2.24, 2.45) is 0 Å². The molecule has 0 aromatic heterocycles. The first-order valence-electron chi connectivity index (χ1n) is 12.8. The maximum Gasteiger partial charge on any atom is 0.328 e. The normalized spacial score (nSPS) is 20.7. The predicted octanol–water partition coefficient (Wildman–Crippen LogP) is 4.87. The molecule has 2 aromatic carbocycles. The third kappa shape index (κ3) is 5.20. The van der Waals surface area contributed by atoms with Crippen LogP contribution in [0.25, 0.3) is 11.1 Å². The molecule has 0 bridgehead atoms. The average molecular weight is 463 g/mol. The Morgan fingerprint density at radius 2 is 1.65 bits per heavy atom. The van der Waals surface area contributed by atoms with Gasteiger partial charge in [-0.2, -0.15) is 0 Å². The topological polar surface area (TPSA) is 58.6 Å². The summed E-state index contributed by atoms with van der Waals surface area (Å²) in [6, 6.07) is 17.4. The second kappa shape index (κ2) is 10.7. The van der Waals surface area contributed by atoms with E-state index in [0.717, 1.165) is 49.8 Å². The molecule has 4 rings (SSSR count). The summed E-state index contributed by atoms with van der Waals surface area (Å²) in [5.41, 5.74) is 4.17. The molecule has 1 heterocycles. The van der Waals surface area contributed by atoms with Crippen molar-refractivity contribution in [2.45, 2.75) is 76.3 Å². The fraction of sp³-hybridized carbons (Fsp3) is 0.517. The van der Waals surface area contributed by atoms with Gasteiger partial charge >= 0.3 is 5.97 Å². The molecule has 1 saturated carbocycles. The Morgan fingerprint density at radius 1 is 1.03 bits per heavy atom. The van der Waals surface area contributed by atoms with E-state index >= 15 is 0 Å². The van der Waals surface area contributed by atoms with E-state index in [1.54, 1.807) is 6.92 Å². The first kappa shape index (κ1) is 24.5. The quantitative estimate of drug-likeness (QED) is 0.569. The number of carbonyl (C=O) groups excluding carboxylic acids is 2. The predicted molar refractivity (Wildman–Crippen MR) is 136 cm³/mol. The summed E-state index contributed by atoms with van der Waals surface area (Å²) in [6.45, 7) is 6.37. The van der Waals surface area contributed by atoms with Crippen molar-refractivity contribution < 1.29 is 14.3 Å². The molecular weight excluding hydrogens is 424 g/mol. The van der Waals surface area contributed by atoms with E-state index in [0.29, 0.717) is 6.04 Å². The highest BCUT2D eigenvalue weighted by molar-refractivity contribution is 5.92. The fourth-order valence-electron chi connectivity index (χ4n) is 5.64. The number of nitrogens with zero attached hydrogens (tertiary/aromatic N) is 1. The van der Waals surface area contributed by atoms with E-state index < -0.39 is 17.4 Å². The largest absolute Gasteiger partial charge is 0.467 e. The molecule has 0 radical (unpaired) electrons. The highest BCUT2D eigenvalue weighted by Crippen LogP contribution is 2.42. The number of carbonyl (C=O) groups is 2. The molecule has 2 aliphatic rings. The molecular formula is C29H38N2O3. The standard InChI is InChI=1S/C29H38N2O3/c1-21-7-6-19-31(21)20-16-23-8-10-24(11-9-23)25-12-14-26(15-13-25)29(17-4-5-18-29)28(33)30-22(2)27(32)34-3/h8-15,21-22H,4-7,16-20H2,1-3H3,(H,30,33). The lowest BCUT2D eigenvalue weighted by atomic mass is 9.77. The van der Waals surface area contributed by atoms with Crippen LogP contribution in [0, 0.1) is 0 Å². The highest BCUT2D eigenvalue weighted by atomic mass is 16.5. The molecule has 2 unspecified atom stereocenters. The van der Waals surface area contributed by atoms with Crippen LogP contribution in [0.3, 0.4) is 0 Å². The van der Waals surface area contributed by atoms with Crippen LogP contribution in [0.4, 0.5) is 0 Å². The molecule has 5 nitrogen and oxygen atoms in total. The first-order valence-corrected chi connectivity index (χ1v) is 12.8. The van der Waals surface area contributed by atoms with E-state index in [4.69, 9.17) is 4.74 Å². The summed E-state index contributed by atoms with van der Waals surface area (Å²) < 4.78 is 4.78. The molecule has 0 spiro atoms. The molecule has 2 atom stereocenters. The van der Waals surface area contributed by atoms with Crippen molar-refractivity contribution in [1.82, 2.24) is 10.2 Å². The maximum atomic E-state index is 13.2. The number of hydrogen-bond donors (Lipinski definition) is 1. The number of hydrogen-bond acceptors (Lipinski definition) is 4. The number of amides is 1. The smallest absolute Gasteiger partial charge is 0.328 e. The molecule has 1 aliphatic carbocycles. The van der Waals surface area contributed by atoms with Gasteiger partial charge in [0.1, 0.15) is 6.04 Å². The lowest BCUT2D eigenvalue weighted by Gasteiger charge is -2.29. The van der Waals surface area contributed by atoms with Gasteiger partial charge in [-0.15, -0.1) is 0 Å². The van der Waals surface area contributed by atoms with E-state index in [1.807, 2.05) is 0 Å². The zero-order valence-corrected chi connectivity index (χ0v) is 20.8. The minimum absolute atomic E-state index is 0.0766. The average Bonchev–Trinajstić information content (AvgIpc) is 3.52. The van der Waals surface area contributed by atoms with Gasteiger partial charge < -0.3 is 15.0 Å². The molecule has 5 heteroatoms. The second-order valence-electron chi connectivity index (χ2n) is 10.1. The van der Waals surface area contributed by atoms with Crippen LogP contribution in [0.1, 0.15) is 63.5 Å². The fourth-order valence-corrected chi connectivity index (χ4v) is 5.64. The van der Waals surface area contributed by atoms with Crippen molar-refractivity contribution in [2.75, 3.05) is 20.2 Å². The van der Waals surface area contributed by atoms with Crippen LogP contribution in [0.15, 0.2) is 48.5 Å². The summed E-state index contributed by atoms with van der Waals surface area (Å²) >= 11 is 0. The minimum atomic E-state index is -0.651. The zero-order chi connectivity index (χ0) is 24.1. The maximum absolute atomic E-state index is 13.2. The number of esters is 1. The van der Waals surface area contributed by atoms with Crippen molar-refractivity contribution in [3.63, 3.8) is 0 Å². The van der Waals surface area contributed by atoms with Crippen LogP contribution >= 0.6 is 0 Å². The van der Waals surface area contributed by atoms with Crippen molar-refractivity contribution in [3.05, 3.63) is 59.7 Å². The summed E-state index contributed by atoms with van der Waals surface area (Å²) in [6.07, 6.45) is 7.36. The molecule has 182 valence electrons. The van der Waals surface area contributed by atoms with Gasteiger partial charge in [-0.25, -0.2) is 4.79 Å². The SMILES string of the molecule is COC(=O)C(C)NC(=O)C1(c2ccc(-c3ccc(CCN4CCCC4C)cc3)cc2)CCCC1. The Hall–Kier alpha value is -2.66. The number of rotatable bonds is 8. The van der Waals surface area contributed by atoms with Gasteiger partial charge in [-0.3, -0.25) is 4.79 Å². The van der Waals surface area contributed by atoms with Crippen molar-refractivity contribution >= 4 is 11.9 Å². The lowest BCUT2D eigenvalue weighted by Crippen LogP contribution is -2.48. The summed E-state index contributed by atoms with van der Waals surface area (Å²) in [4.78, 5) is 27.6. The van der Waals surface area contributed by atoms with Crippen LogP contribution < -0.4 is 5.32 Å². The lowest BCUT2D eigenvalue weighted by molar-refractivity contribution is -0.145. The molecule has 1 saturated heterocycles.